The Labute approximate surface area is 260 Å². The van der Waals surface area contributed by atoms with Crippen molar-refractivity contribution in [2.75, 3.05) is 73.5 Å². The molecule has 6 rings (SSSR count). The van der Waals surface area contributed by atoms with Crippen LogP contribution >= 0.6 is 11.3 Å². The van der Waals surface area contributed by atoms with Gasteiger partial charge in [-0.05, 0) is 48.7 Å². The van der Waals surface area contributed by atoms with Crippen LogP contribution in [0.3, 0.4) is 0 Å². The quantitative estimate of drug-likeness (QED) is 0.231. The maximum atomic E-state index is 12.7. The molecule has 0 amide bonds. The molecule has 0 spiro atoms. The topological polar surface area (TPSA) is 129 Å². The van der Waals surface area contributed by atoms with Crippen LogP contribution in [-0.2, 0) is 16.4 Å². The molecule has 0 radical (unpaired) electrons. The number of fused-ring (bicyclic) bond motifs is 2. The number of methoxy groups -OCH3 is 1. The van der Waals surface area contributed by atoms with E-state index >= 15 is 0 Å². The molecule has 5 aromatic rings. The third-order valence-corrected chi connectivity index (χ3v) is 9.94. The summed E-state index contributed by atoms with van der Waals surface area (Å²) in [5.41, 5.74) is 5.84. The maximum absolute atomic E-state index is 12.7. The third kappa shape index (κ3) is 5.79. The molecule has 1 saturated heterocycles. The van der Waals surface area contributed by atoms with E-state index in [2.05, 4.69) is 56.5 Å². The molecule has 14 heteroatoms. The number of ether oxygens (including phenoxy) is 1. The SMILES string of the molecule is CCc1cc(Nc2nc(Nc3ccc4nccnc4c3N(C)S(C)(=O)=O)c3sccc3n2)c(OC)cc1N1CCN(C)CC1. The molecule has 230 valence electrons. The number of rotatable bonds is 9. The van der Waals surface area contributed by atoms with Crippen LogP contribution in [0.2, 0.25) is 0 Å². The molecule has 2 aromatic carbocycles. The van der Waals surface area contributed by atoms with Gasteiger partial charge >= 0.3 is 0 Å². The van der Waals surface area contributed by atoms with Gasteiger partial charge in [0.05, 0.1) is 40.5 Å². The number of nitrogens with zero attached hydrogens (tertiary/aromatic N) is 7. The Bertz CT molecular complexity index is 1940. The lowest BCUT2D eigenvalue weighted by Crippen LogP contribution is -2.44. The summed E-state index contributed by atoms with van der Waals surface area (Å²) >= 11 is 1.49. The molecule has 4 heterocycles. The largest absolute Gasteiger partial charge is 0.494 e. The Morgan fingerprint density at radius 3 is 2.50 bits per heavy atom. The zero-order chi connectivity index (χ0) is 31.0. The van der Waals surface area contributed by atoms with Gasteiger partial charge in [0.25, 0.3) is 0 Å². The van der Waals surface area contributed by atoms with Gasteiger partial charge in [0, 0.05) is 57.4 Å². The fourth-order valence-electron chi connectivity index (χ4n) is 5.36. The molecule has 0 unspecified atom stereocenters. The first-order chi connectivity index (χ1) is 21.2. The average molecular weight is 634 g/mol. The number of hydrogen-bond acceptors (Lipinski definition) is 12. The van der Waals surface area contributed by atoms with Crippen LogP contribution in [0.15, 0.2) is 48.1 Å². The van der Waals surface area contributed by atoms with Gasteiger partial charge in [-0.25, -0.2) is 13.4 Å². The van der Waals surface area contributed by atoms with Crippen LogP contribution < -0.4 is 24.6 Å². The highest BCUT2D eigenvalue weighted by Gasteiger charge is 2.23. The van der Waals surface area contributed by atoms with Crippen LogP contribution in [0, 0.1) is 0 Å². The molecule has 0 bridgehead atoms. The number of hydrogen-bond donors (Lipinski definition) is 2. The number of piperazine rings is 1. The van der Waals surface area contributed by atoms with Crippen LogP contribution in [0.5, 0.6) is 5.75 Å². The van der Waals surface area contributed by atoms with Gasteiger partial charge in [-0.1, -0.05) is 6.92 Å². The zero-order valence-corrected chi connectivity index (χ0v) is 27.0. The predicted octanol–water partition coefficient (Wildman–Crippen LogP) is 4.84. The van der Waals surface area contributed by atoms with E-state index in [1.807, 2.05) is 11.4 Å². The smallest absolute Gasteiger partial charge is 0.232 e. The van der Waals surface area contributed by atoms with Crippen LogP contribution in [0.1, 0.15) is 12.5 Å². The molecule has 12 nitrogen and oxygen atoms in total. The molecule has 1 aliphatic rings. The second kappa shape index (κ2) is 12.0. The number of benzene rings is 2. The fraction of sp³-hybridized carbons (Fsp3) is 0.333. The molecule has 0 aliphatic carbocycles. The lowest BCUT2D eigenvalue weighted by atomic mass is 10.1. The minimum atomic E-state index is -3.61. The van der Waals surface area contributed by atoms with Crippen molar-refractivity contribution in [3.8, 4) is 5.75 Å². The zero-order valence-electron chi connectivity index (χ0n) is 25.3. The van der Waals surface area contributed by atoms with Crippen molar-refractivity contribution in [2.24, 2.45) is 0 Å². The lowest BCUT2D eigenvalue weighted by Gasteiger charge is -2.35. The summed E-state index contributed by atoms with van der Waals surface area (Å²) < 4.78 is 33.2. The van der Waals surface area contributed by atoms with Crippen molar-refractivity contribution in [3.63, 3.8) is 0 Å². The summed E-state index contributed by atoms with van der Waals surface area (Å²) in [5.74, 6) is 1.61. The van der Waals surface area contributed by atoms with Crippen LogP contribution in [0.4, 0.5) is 34.5 Å². The van der Waals surface area contributed by atoms with Gasteiger partial charge in [0.15, 0.2) is 5.82 Å². The highest BCUT2D eigenvalue weighted by molar-refractivity contribution is 7.92. The Morgan fingerprint density at radius 2 is 1.77 bits per heavy atom. The molecule has 1 aliphatic heterocycles. The number of aryl methyl sites for hydroxylation is 1. The maximum Gasteiger partial charge on any atom is 0.232 e. The van der Waals surface area contributed by atoms with Crippen molar-refractivity contribution in [3.05, 3.63) is 53.7 Å². The number of thiophene rings is 1. The Morgan fingerprint density at radius 1 is 1.00 bits per heavy atom. The minimum Gasteiger partial charge on any atom is -0.494 e. The van der Waals surface area contributed by atoms with Gasteiger partial charge < -0.3 is 25.2 Å². The summed E-state index contributed by atoms with van der Waals surface area (Å²) in [6.45, 7) is 6.11. The Hall–Kier alpha value is -4.27. The van der Waals surface area contributed by atoms with Gasteiger partial charge in [0.1, 0.15) is 17.0 Å². The second-order valence-corrected chi connectivity index (χ2v) is 13.7. The molecular weight excluding hydrogens is 599 g/mol. The summed E-state index contributed by atoms with van der Waals surface area (Å²) in [6.07, 6.45) is 5.14. The molecule has 0 saturated carbocycles. The first kappa shape index (κ1) is 29.8. The van der Waals surface area contributed by atoms with E-state index in [-0.39, 0.29) is 0 Å². The van der Waals surface area contributed by atoms with E-state index in [9.17, 15) is 8.42 Å². The highest BCUT2D eigenvalue weighted by atomic mass is 32.2. The number of anilines is 6. The normalized spacial score (nSPS) is 14.2. The fourth-order valence-corrected chi connectivity index (χ4v) is 6.66. The van der Waals surface area contributed by atoms with Crippen LogP contribution in [-0.4, -0.2) is 86.9 Å². The summed E-state index contributed by atoms with van der Waals surface area (Å²) in [6, 6.07) is 9.73. The van der Waals surface area contributed by atoms with E-state index < -0.39 is 10.0 Å². The molecular formula is C30H35N9O3S2. The molecule has 44 heavy (non-hydrogen) atoms. The third-order valence-electron chi connectivity index (χ3n) is 7.85. The highest BCUT2D eigenvalue weighted by Crippen LogP contribution is 2.39. The number of nitrogens with one attached hydrogen (secondary N) is 2. The molecule has 0 atom stereocenters. The lowest BCUT2D eigenvalue weighted by molar-refractivity contribution is 0.312. The van der Waals surface area contributed by atoms with Gasteiger partial charge in [-0.15, -0.1) is 11.3 Å². The van der Waals surface area contributed by atoms with Gasteiger partial charge in [-0.2, -0.15) is 4.98 Å². The number of sulfonamides is 1. The van der Waals surface area contributed by atoms with Crippen molar-refractivity contribution in [2.45, 2.75) is 13.3 Å². The Balaban J connectivity index is 1.40. The monoisotopic (exact) mass is 633 g/mol. The summed E-state index contributed by atoms with van der Waals surface area (Å²) in [5, 5.41) is 8.73. The van der Waals surface area contributed by atoms with Crippen molar-refractivity contribution in [1.29, 1.82) is 0 Å². The second-order valence-electron chi connectivity index (χ2n) is 10.7. The van der Waals surface area contributed by atoms with E-state index in [4.69, 9.17) is 14.7 Å². The number of likely N-dealkylation sites (N-methyl/N-ethyl adjacent to an activating group) is 1. The van der Waals surface area contributed by atoms with Gasteiger partial charge in [0.2, 0.25) is 16.0 Å². The van der Waals surface area contributed by atoms with E-state index in [1.54, 1.807) is 31.6 Å². The molecule has 1 fully saturated rings. The average Bonchev–Trinajstić information content (AvgIpc) is 3.49. The standard InChI is InChI=1S/C30H35N9O3S2/c1-6-19-17-23(25(42-4)18-24(19)39-14-12-37(2)13-15-39)35-30-34-22-9-16-43-28(22)29(36-30)33-21-8-7-20-26(32-11-10-31-20)27(21)38(3)44(5,40)41/h7-11,16-18H,6,12-15H2,1-5H3,(H2,33,34,35,36). The predicted molar refractivity (Wildman–Crippen MR) is 179 cm³/mol. The van der Waals surface area contributed by atoms with Crippen LogP contribution in [0.25, 0.3) is 21.3 Å². The van der Waals surface area contributed by atoms with E-state index in [1.165, 1.54) is 33.9 Å². The van der Waals surface area contributed by atoms with Crippen molar-refractivity contribution >= 4 is 77.1 Å². The first-order valence-electron chi connectivity index (χ1n) is 14.3. The number of aromatic nitrogens is 4. The van der Waals surface area contributed by atoms with E-state index in [0.717, 1.165) is 54.8 Å². The van der Waals surface area contributed by atoms with Crippen molar-refractivity contribution in [1.82, 2.24) is 24.8 Å². The minimum absolute atomic E-state index is 0.379. The van der Waals surface area contributed by atoms with Gasteiger partial charge in [-0.3, -0.25) is 14.3 Å². The Kier molecular flexibility index (Phi) is 8.14. The van der Waals surface area contributed by atoms with Crippen molar-refractivity contribution < 1.29 is 13.2 Å². The summed E-state index contributed by atoms with van der Waals surface area (Å²) in [7, 11) is 1.71. The summed E-state index contributed by atoms with van der Waals surface area (Å²) in [4.78, 5) is 23.2. The first-order valence-corrected chi connectivity index (χ1v) is 17.0. The van der Waals surface area contributed by atoms with E-state index in [0.29, 0.717) is 39.9 Å². The molecule has 2 N–H and O–H groups in total. The molecule has 3 aromatic heterocycles.